The molecule has 0 aromatic heterocycles. The highest BCUT2D eigenvalue weighted by molar-refractivity contribution is 9.10. The molecule has 0 aliphatic carbocycles. The van der Waals surface area contributed by atoms with E-state index in [1.54, 1.807) is 6.07 Å². The van der Waals surface area contributed by atoms with Gasteiger partial charge in [-0.1, -0.05) is 13.8 Å². The first-order chi connectivity index (χ1) is 9.99. The van der Waals surface area contributed by atoms with Crippen molar-refractivity contribution in [2.45, 2.75) is 26.7 Å². The lowest BCUT2D eigenvalue weighted by atomic mass is 10.2. The van der Waals surface area contributed by atoms with Crippen molar-refractivity contribution in [3.05, 3.63) is 34.1 Å². The van der Waals surface area contributed by atoms with Crippen LogP contribution in [0, 0.1) is 5.82 Å². The van der Waals surface area contributed by atoms with Crippen LogP contribution in [0.25, 0.3) is 0 Å². The summed E-state index contributed by atoms with van der Waals surface area (Å²) < 4.78 is 13.8. The molecule has 0 fully saturated rings. The third kappa shape index (κ3) is 5.46. The third-order valence-corrected chi connectivity index (χ3v) is 3.50. The molecule has 1 aromatic rings. The molecule has 6 heteroatoms. The second-order valence-corrected chi connectivity index (χ2v) is 5.56. The van der Waals surface area contributed by atoms with Crippen LogP contribution >= 0.6 is 15.9 Å². The minimum Gasteiger partial charge on any atom is -0.355 e. The Kier molecular flexibility index (Phi) is 7.36. The van der Waals surface area contributed by atoms with Crippen LogP contribution in [0.15, 0.2) is 22.7 Å². The molecule has 0 heterocycles. The van der Waals surface area contributed by atoms with Gasteiger partial charge in [0.15, 0.2) is 0 Å². The lowest BCUT2D eigenvalue weighted by molar-refractivity contribution is -0.121. The van der Waals surface area contributed by atoms with Gasteiger partial charge < -0.3 is 10.2 Å². The van der Waals surface area contributed by atoms with E-state index in [9.17, 15) is 14.0 Å². The fourth-order valence-electron chi connectivity index (χ4n) is 1.83. The monoisotopic (exact) mass is 358 g/mol. The van der Waals surface area contributed by atoms with E-state index in [0.717, 1.165) is 12.8 Å². The predicted molar refractivity (Wildman–Crippen MR) is 83.6 cm³/mol. The SMILES string of the molecule is CCCNC(=O)CN(CCC)C(=O)c1ccc(Br)c(F)c1. The highest BCUT2D eigenvalue weighted by Crippen LogP contribution is 2.17. The maximum absolute atomic E-state index is 13.5. The molecule has 0 unspecified atom stereocenters. The number of hydrogen-bond donors (Lipinski definition) is 1. The maximum Gasteiger partial charge on any atom is 0.254 e. The molecule has 21 heavy (non-hydrogen) atoms. The minimum atomic E-state index is -0.493. The molecule has 0 aliphatic rings. The van der Waals surface area contributed by atoms with Gasteiger partial charge in [-0.05, 0) is 47.0 Å². The number of amides is 2. The summed E-state index contributed by atoms with van der Waals surface area (Å²) in [4.78, 5) is 25.6. The molecule has 0 saturated heterocycles. The number of nitrogens with zero attached hydrogens (tertiary/aromatic N) is 1. The van der Waals surface area contributed by atoms with Crippen LogP contribution < -0.4 is 5.32 Å². The average molecular weight is 359 g/mol. The van der Waals surface area contributed by atoms with Gasteiger partial charge in [0.25, 0.3) is 5.91 Å². The number of rotatable bonds is 7. The van der Waals surface area contributed by atoms with Crippen LogP contribution in [-0.2, 0) is 4.79 Å². The van der Waals surface area contributed by atoms with Crippen molar-refractivity contribution in [3.63, 3.8) is 0 Å². The van der Waals surface area contributed by atoms with E-state index in [-0.39, 0.29) is 23.9 Å². The molecule has 116 valence electrons. The Morgan fingerprint density at radius 3 is 2.57 bits per heavy atom. The van der Waals surface area contributed by atoms with Gasteiger partial charge in [0.2, 0.25) is 5.91 Å². The Hall–Kier alpha value is -1.43. The summed E-state index contributed by atoms with van der Waals surface area (Å²) in [6.07, 6.45) is 1.57. The second-order valence-electron chi connectivity index (χ2n) is 4.71. The van der Waals surface area contributed by atoms with Crippen molar-refractivity contribution in [1.82, 2.24) is 10.2 Å². The van der Waals surface area contributed by atoms with Crippen LogP contribution in [0.2, 0.25) is 0 Å². The lowest BCUT2D eigenvalue weighted by Crippen LogP contribution is -2.41. The molecule has 0 radical (unpaired) electrons. The van der Waals surface area contributed by atoms with Crippen molar-refractivity contribution < 1.29 is 14.0 Å². The zero-order valence-electron chi connectivity index (χ0n) is 12.3. The highest BCUT2D eigenvalue weighted by Gasteiger charge is 2.18. The molecule has 1 N–H and O–H groups in total. The quantitative estimate of drug-likeness (QED) is 0.814. The van der Waals surface area contributed by atoms with Gasteiger partial charge >= 0.3 is 0 Å². The Labute approximate surface area is 132 Å². The molecule has 0 saturated carbocycles. The molecule has 1 aromatic carbocycles. The molecule has 2 amide bonds. The van der Waals surface area contributed by atoms with E-state index in [2.05, 4.69) is 21.2 Å². The van der Waals surface area contributed by atoms with E-state index in [4.69, 9.17) is 0 Å². The van der Waals surface area contributed by atoms with E-state index in [1.165, 1.54) is 17.0 Å². The van der Waals surface area contributed by atoms with Gasteiger partial charge in [-0.3, -0.25) is 9.59 Å². The smallest absolute Gasteiger partial charge is 0.254 e. The van der Waals surface area contributed by atoms with Crippen LogP contribution in [0.3, 0.4) is 0 Å². The largest absolute Gasteiger partial charge is 0.355 e. The molecule has 0 bridgehead atoms. The topological polar surface area (TPSA) is 49.4 Å². The Balaban J connectivity index is 2.81. The average Bonchev–Trinajstić information content (AvgIpc) is 2.46. The zero-order chi connectivity index (χ0) is 15.8. The van der Waals surface area contributed by atoms with Crippen molar-refractivity contribution in [2.75, 3.05) is 19.6 Å². The van der Waals surface area contributed by atoms with Crippen LogP contribution in [0.4, 0.5) is 4.39 Å². The summed E-state index contributed by atoms with van der Waals surface area (Å²) in [5.74, 6) is -1.03. The Morgan fingerprint density at radius 1 is 1.29 bits per heavy atom. The Bertz CT molecular complexity index is 508. The first kappa shape index (κ1) is 17.6. The number of carbonyl (C=O) groups is 2. The second kappa shape index (κ2) is 8.77. The van der Waals surface area contributed by atoms with Crippen molar-refractivity contribution in [2.24, 2.45) is 0 Å². The minimum absolute atomic E-state index is 0.00957. The summed E-state index contributed by atoms with van der Waals surface area (Å²) in [6, 6.07) is 4.21. The van der Waals surface area contributed by atoms with Gasteiger partial charge in [0.05, 0.1) is 11.0 Å². The Morgan fingerprint density at radius 2 is 2.00 bits per heavy atom. The van der Waals surface area contributed by atoms with Crippen LogP contribution in [0.5, 0.6) is 0 Å². The van der Waals surface area contributed by atoms with Crippen LogP contribution in [0.1, 0.15) is 37.0 Å². The highest BCUT2D eigenvalue weighted by atomic mass is 79.9. The number of halogens is 2. The zero-order valence-corrected chi connectivity index (χ0v) is 13.9. The van der Waals surface area contributed by atoms with Crippen molar-refractivity contribution in [3.8, 4) is 0 Å². The molecular weight excluding hydrogens is 339 g/mol. The molecule has 0 spiro atoms. The molecule has 0 aliphatic heterocycles. The molecular formula is C15H20BrFN2O2. The summed E-state index contributed by atoms with van der Waals surface area (Å²) in [7, 11) is 0. The number of carbonyl (C=O) groups excluding carboxylic acids is 2. The molecule has 1 rings (SSSR count). The number of hydrogen-bond acceptors (Lipinski definition) is 2. The first-order valence-corrected chi connectivity index (χ1v) is 7.79. The van der Waals surface area contributed by atoms with Gasteiger partial charge in [-0.25, -0.2) is 4.39 Å². The van der Waals surface area contributed by atoms with Gasteiger partial charge in [-0.2, -0.15) is 0 Å². The summed E-state index contributed by atoms with van der Waals surface area (Å²) in [6.45, 7) is 4.91. The van der Waals surface area contributed by atoms with Gasteiger partial charge in [0, 0.05) is 18.7 Å². The van der Waals surface area contributed by atoms with E-state index < -0.39 is 5.82 Å². The van der Waals surface area contributed by atoms with Gasteiger partial charge in [-0.15, -0.1) is 0 Å². The van der Waals surface area contributed by atoms with Crippen molar-refractivity contribution in [1.29, 1.82) is 0 Å². The first-order valence-electron chi connectivity index (χ1n) is 7.00. The number of nitrogens with one attached hydrogen (secondary N) is 1. The van der Waals surface area contributed by atoms with E-state index in [1.807, 2.05) is 13.8 Å². The standard InChI is InChI=1S/C15H20BrFN2O2/c1-3-7-18-14(20)10-19(8-4-2)15(21)11-5-6-12(16)13(17)9-11/h5-6,9H,3-4,7-8,10H2,1-2H3,(H,18,20). The summed E-state index contributed by atoms with van der Waals surface area (Å²) in [5, 5.41) is 2.73. The van der Waals surface area contributed by atoms with Crippen LogP contribution in [-0.4, -0.2) is 36.3 Å². The molecule has 4 nitrogen and oxygen atoms in total. The fraction of sp³-hybridized carbons (Fsp3) is 0.467. The third-order valence-electron chi connectivity index (χ3n) is 2.85. The van der Waals surface area contributed by atoms with E-state index in [0.29, 0.717) is 17.6 Å². The normalized spacial score (nSPS) is 10.3. The van der Waals surface area contributed by atoms with E-state index >= 15 is 0 Å². The summed E-state index contributed by atoms with van der Waals surface area (Å²) in [5.41, 5.74) is 0.243. The predicted octanol–water partition coefficient (Wildman–Crippen LogP) is 2.97. The van der Waals surface area contributed by atoms with Crippen molar-refractivity contribution >= 4 is 27.7 Å². The molecule has 0 atom stereocenters. The fourth-order valence-corrected chi connectivity index (χ4v) is 2.07. The lowest BCUT2D eigenvalue weighted by Gasteiger charge is -2.21. The maximum atomic E-state index is 13.5. The van der Waals surface area contributed by atoms with Gasteiger partial charge in [0.1, 0.15) is 5.82 Å². The summed E-state index contributed by atoms with van der Waals surface area (Å²) >= 11 is 3.05. The number of benzene rings is 1.